The van der Waals surface area contributed by atoms with Gasteiger partial charge in [0.2, 0.25) is 5.91 Å². The molecule has 1 N–H and O–H groups in total. The zero-order valence-electron chi connectivity index (χ0n) is 15.1. The lowest BCUT2D eigenvalue weighted by atomic mass is 9.86. The Kier molecular flexibility index (Phi) is 6.16. The first-order chi connectivity index (χ1) is 11.4. The number of amides is 1. The van der Waals surface area contributed by atoms with Crippen LogP contribution in [0.15, 0.2) is 48.5 Å². The van der Waals surface area contributed by atoms with Crippen LogP contribution in [0.25, 0.3) is 11.1 Å². The second-order valence-corrected chi connectivity index (χ2v) is 7.05. The predicted molar refractivity (Wildman–Crippen MR) is 98.9 cm³/mol. The van der Waals surface area contributed by atoms with Crippen LogP contribution in [0.1, 0.15) is 38.3 Å². The first-order valence-corrected chi connectivity index (χ1v) is 8.35. The largest absolute Gasteiger partial charge is 0.384 e. The number of ether oxygens (including phenoxy) is 1. The molecule has 0 saturated heterocycles. The van der Waals surface area contributed by atoms with Gasteiger partial charge in [0.1, 0.15) is 0 Å². The van der Waals surface area contributed by atoms with Crippen molar-refractivity contribution >= 4 is 5.91 Å². The number of carbonyl (C=O) groups excluding carboxylic acids is 1. The molecule has 0 saturated carbocycles. The molecule has 0 atom stereocenters. The maximum Gasteiger partial charge on any atom is 0.222 e. The van der Waals surface area contributed by atoms with Crippen molar-refractivity contribution in [3.05, 3.63) is 59.7 Å². The third-order valence-electron chi connectivity index (χ3n) is 4.03. The van der Waals surface area contributed by atoms with Gasteiger partial charge in [0.15, 0.2) is 0 Å². The lowest BCUT2D eigenvalue weighted by molar-refractivity contribution is -0.122. The molecule has 2 aromatic rings. The molecule has 2 rings (SSSR count). The van der Waals surface area contributed by atoms with Crippen LogP contribution < -0.4 is 5.32 Å². The second-order valence-electron chi connectivity index (χ2n) is 7.05. The molecule has 3 heteroatoms. The summed E-state index contributed by atoms with van der Waals surface area (Å²) in [4.78, 5) is 11.7. The van der Waals surface area contributed by atoms with E-state index in [1.54, 1.807) is 7.11 Å². The van der Waals surface area contributed by atoms with Crippen LogP contribution in [-0.4, -0.2) is 19.6 Å². The Labute approximate surface area is 145 Å². The zero-order valence-corrected chi connectivity index (χ0v) is 15.1. The van der Waals surface area contributed by atoms with Gasteiger partial charge in [-0.1, -0.05) is 63.2 Å². The van der Waals surface area contributed by atoms with Gasteiger partial charge < -0.3 is 10.1 Å². The number of rotatable bonds is 6. The van der Waals surface area contributed by atoms with E-state index in [-0.39, 0.29) is 11.3 Å². The van der Waals surface area contributed by atoms with Crippen LogP contribution in [0.4, 0.5) is 0 Å². The summed E-state index contributed by atoms with van der Waals surface area (Å²) in [6.07, 6.45) is 0.393. The van der Waals surface area contributed by atoms with Crippen molar-refractivity contribution < 1.29 is 9.53 Å². The Morgan fingerprint density at radius 3 is 2.38 bits per heavy atom. The molecule has 0 aliphatic heterocycles. The van der Waals surface area contributed by atoms with Gasteiger partial charge in [-0.15, -0.1) is 0 Å². The number of carbonyl (C=O) groups is 1. The minimum atomic E-state index is 0.0109. The molecular weight excluding hydrogens is 298 g/mol. The topological polar surface area (TPSA) is 38.3 Å². The summed E-state index contributed by atoms with van der Waals surface area (Å²) in [5.41, 5.74) is 4.94. The van der Waals surface area contributed by atoms with Crippen molar-refractivity contribution in [3.8, 4) is 11.1 Å². The van der Waals surface area contributed by atoms with E-state index in [0.717, 1.165) is 5.56 Å². The highest BCUT2D eigenvalue weighted by Crippen LogP contribution is 2.26. The van der Waals surface area contributed by atoms with Gasteiger partial charge in [-0.2, -0.15) is 0 Å². The van der Waals surface area contributed by atoms with E-state index >= 15 is 0 Å². The lowest BCUT2D eigenvalue weighted by Gasteiger charge is -2.19. The monoisotopic (exact) mass is 325 g/mol. The van der Waals surface area contributed by atoms with Gasteiger partial charge in [0.05, 0.1) is 6.61 Å². The first kappa shape index (κ1) is 18.2. The quantitative estimate of drug-likeness (QED) is 0.860. The number of hydrogen-bond donors (Lipinski definition) is 1. The first-order valence-electron chi connectivity index (χ1n) is 8.35. The average Bonchev–Trinajstić information content (AvgIpc) is 2.58. The van der Waals surface area contributed by atoms with E-state index in [2.05, 4.69) is 62.5 Å². The molecular formula is C21H27NO2. The Morgan fingerprint density at radius 2 is 1.75 bits per heavy atom. The third kappa shape index (κ3) is 5.20. The highest BCUT2D eigenvalue weighted by atomic mass is 16.5. The summed E-state index contributed by atoms with van der Waals surface area (Å²) in [5.74, 6) is 0.0109. The summed E-state index contributed by atoms with van der Waals surface area (Å²) in [6, 6.07) is 17.0. The summed E-state index contributed by atoms with van der Waals surface area (Å²) in [6.45, 7) is 7.64. The van der Waals surface area contributed by atoms with Crippen LogP contribution in [0.2, 0.25) is 0 Å². The molecule has 3 nitrogen and oxygen atoms in total. The van der Waals surface area contributed by atoms with Crippen LogP contribution in [0, 0.1) is 0 Å². The minimum Gasteiger partial charge on any atom is -0.384 e. The fourth-order valence-corrected chi connectivity index (χ4v) is 2.51. The van der Waals surface area contributed by atoms with Gasteiger partial charge >= 0.3 is 0 Å². The predicted octanol–water partition coefficient (Wildman–Crippen LogP) is 4.30. The van der Waals surface area contributed by atoms with Crippen LogP contribution in [0.5, 0.6) is 0 Å². The molecule has 0 radical (unpaired) electrons. The van der Waals surface area contributed by atoms with Gasteiger partial charge in [0, 0.05) is 20.1 Å². The molecule has 0 spiro atoms. The SMILES string of the molecule is COCCC(=O)NCc1cccc(-c2ccc(C(C)(C)C)cc2)c1. The lowest BCUT2D eigenvalue weighted by Crippen LogP contribution is -2.23. The smallest absolute Gasteiger partial charge is 0.222 e. The molecule has 0 aromatic heterocycles. The minimum absolute atomic E-state index is 0.0109. The summed E-state index contributed by atoms with van der Waals surface area (Å²) in [7, 11) is 1.60. The summed E-state index contributed by atoms with van der Waals surface area (Å²) >= 11 is 0. The Morgan fingerprint density at radius 1 is 1.04 bits per heavy atom. The molecule has 0 heterocycles. The average molecular weight is 325 g/mol. The van der Waals surface area contributed by atoms with E-state index in [0.29, 0.717) is 19.6 Å². The fourth-order valence-electron chi connectivity index (χ4n) is 2.51. The summed E-state index contributed by atoms with van der Waals surface area (Å²) in [5, 5.41) is 2.92. The fraction of sp³-hybridized carbons (Fsp3) is 0.381. The van der Waals surface area contributed by atoms with E-state index in [1.807, 2.05) is 12.1 Å². The van der Waals surface area contributed by atoms with Crippen LogP contribution in [-0.2, 0) is 21.5 Å². The molecule has 0 fully saturated rings. The number of methoxy groups -OCH3 is 1. The van der Waals surface area contributed by atoms with E-state index in [1.165, 1.54) is 16.7 Å². The third-order valence-corrected chi connectivity index (χ3v) is 4.03. The molecule has 1 amide bonds. The Hall–Kier alpha value is -2.13. The molecule has 128 valence electrons. The number of hydrogen-bond acceptors (Lipinski definition) is 2. The molecule has 0 aliphatic carbocycles. The zero-order chi connectivity index (χ0) is 17.6. The van der Waals surface area contributed by atoms with Gasteiger partial charge in [0.25, 0.3) is 0 Å². The van der Waals surface area contributed by atoms with Crippen molar-refractivity contribution in [1.29, 1.82) is 0 Å². The van der Waals surface area contributed by atoms with E-state index < -0.39 is 0 Å². The van der Waals surface area contributed by atoms with Crippen LogP contribution in [0.3, 0.4) is 0 Å². The maximum atomic E-state index is 11.7. The van der Waals surface area contributed by atoms with Crippen molar-refractivity contribution in [2.75, 3.05) is 13.7 Å². The maximum absolute atomic E-state index is 11.7. The Balaban J connectivity index is 2.06. The number of nitrogens with one attached hydrogen (secondary N) is 1. The standard InChI is InChI=1S/C21H27NO2/c1-21(2,3)19-10-8-17(9-11-19)18-7-5-6-16(14-18)15-22-20(23)12-13-24-4/h5-11,14H,12-13,15H2,1-4H3,(H,22,23). The molecule has 0 unspecified atom stereocenters. The van der Waals surface area contributed by atoms with Crippen LogP contribution >= 0.6 is 0 Å². The van der Waals surface area contributed by atoms with Crippen molar-refractivity contribution in [3.63, 3.8) is 0 Å². The van der Waals surface area contributed by atoms with Gasteiger partial charge in [-0.05, 0) is 33.7 Å². The normalized spacial score (nSPS) is 11.3. The highest BCUT2D eigenvalue weighted by molar-refractivity contribution is 5.76. The second kappa shape index (κ2) is 8.11. The van der Waals surface area contributed by atoms with Crippen molar-refractivity contribution in [1.82, 2.24) is 5.32 Å². The summed E-state index contributed by atoms with van der Waals surface area (Å²) < 4.78 is 4.91. The van der Waals surface area contributed by atoms with E-state index in [4.69, 9.17) is 4.74 Å². The molecule has 0 bridgehead atoms. The molecule has 2 aromatic carbocycles. The molecule has 0 aliphatic rings. The van der Waals surface area contributed by atoms with E-state index in [9.17, 15) is 4.79 Å². The Bertz CT molecular complexity index is 669. The van der Waals surface area contributed by atoms with Crippen molar-refractivity contribution in [2.45, 2.75) is 39.2 Å². The number of benzene rings is 2. The highest BCUT2D eigenvalue weighted by Gasteiger charge is 2.13. The van der Waals surface area contributed by atoms with Crippen molar-refractivity contribution in [2.24, 2.45) is 0 Å². The van der Waals surface area contributed by atoms with Gasteiger partial charge in [-0.3, -0.25) is 4.79 Å². The molecule has 24 heavy (non-hydrogen) atoms. The van der Waals surface area contributed by atoms with Gasteiger partial charge in [-0.25, -0.2) is 0 Å².